The fourth-order valence-corrected chi connectivity index (χ4v) is 1.41. The first kappa shape index (κ1) is 12.6. The van der Waals surface area contributed by atoms with Crippen molar-refractivity contribution in [1.29, 1.82) is 0 Å². The summed E-state index contributed by atoms with van der Waals surface area (Å²) in [6.07, 6.45) is 0.651. The quantitative estimate of drug-likeness (QED) is 0.818. The number of carbonyl (C=O) groups excluding carboxylic acids is 1. The van der Waals surface area contributed by atoms with Gasteiger partial charge in [-0.15, -0.1) is 0 Å². The second-order valence-corrected chi connectivity index (χ2v) is 3.63. The van der Waals surface area contributed by atoms with E-state index in [1.54, 1.807) is 25.2 Å². The third-order valence-electron chi connectivity index (χ3n) is 2.43. The second kappa shape index (κ2) is 6.23. The van der Waals surface area contributed by atoms with Gasteiger partial charge in [-0.25, -0.2) is 4.39 Å². The summed E-state index contributed by atoms with van der Waals surface area (Å²) < 4.78 is 13.2. The molecular formula is C12H16FNO2. The van der Waals surface area contributed by atoms with Crippen molar-refractivity contribution in [1.82, 2.24) is 4.90 Å². The predicted molar refractivity (Wildman–Crippen MR) is 59.4 cm³/mol. The maximum atomic E-state index is 13.2. The Morgan fingerprint density at radius 3 is 2.75 bits per heavy atom. The van der Waals surface area contributed by atoms with E-state index in [1.807, 2.05) is 0 Å². The molecule has 0 aliphatic carbocycles. The van der Waals surface area contributed by atoms with Crippen molar-refractivity contribution in [2.45, 2.75) is 12.8 Å². The number of aryl methyl sites for hydroxylation is 1. The number of benzene rings is 1. The highest BCUT2D eigenvalue weighted by Crippen LogP contribution is 2.09. The van der Waals surface area contributed by atoms with Gasteiger partial charge in [-0.1, -0.05) is 18.2 Å². The van der Waals surface area contributed by atoms with E-state index in [-0.39, 0.29) is 24.8 Å². The van der Waals surface area contributed by atoms with Gasteiger partial charge in [0.1, 0.15) is 5.82 Å². The molecule has 16 heavy (non-hydrogen) atoms. The molecule has 1 rings (SSSR count). The molecule has 1 aromatic carbocycles. The Hall–Kier alpha value is -1.42. The highest BCUT2D eigenvalue weighted by Gasteiger charge is 2.09. The van der Waals surface area contributed by atoms with E-state index >= 15 is 0 Å². The lowest BCUT2D eigenvalue weighted by Crippen LogP contribution is -2.29. The molecule has 0 bridgehead atoms. The van der Waals surface area contributed by atoms with Gasteiger partial charge in [-0.05, 0) is 18.1 Å². The molecule has 0 spiro atoms. The molecule has 88 valence electrons. The summed E-state index contributed by atoms with van der Waals surface area (Å²) in [4.78, 5) is 13.0. The van der Waals surface area contributed by atoms with Gasteiger partial charge in [0.2, 0.25) is 5.91 Å². The fraction of sp³-hybridized carbons (Fsp3) is 0.417. The standard InChI is InChI=1S/C12H16FNO2/c1-14(8-9-15)12(16)7-6-10-4-2-3-5-11(10)13/h2-5,15H,6-9H2,1H3. The number of hydrogen-bond acceptors (Lipinski definition) is 2. The Balaban J connectivity index is 2.46. The zero-order valence-corrected chi connectivity index (χ0v) is 9.32. The van der Waals surface area contributed by atoms with Crippen LogP contribution in [-0.4, -0.2) is 36.1 Å². The van der Waals surface area contributed by atoms with Crippen molar-refractivity contribution in [3.05, 3.63) is 35.6 Å². The zero-order chi connectivity index (χ0) is 12.0. The van der Waals surface area contributed by atoms with Crippen LogP contribution in [0, 0.1) is 5.82 Å². The summed E-state index contributed by atoms with van der Waals surface area (Å²) >= 11 is 0. The number of amides is 1. The van der Waals surface area contributed by atoms with E-state index in [0.717, 1.165) is 0 Å². The van der Waals surface area contributed by atoms with Crippen LogP contribution in [0.15, 0.2) is 24.3 Å². The Labute approximate surface area is 94.5 Å². The molecule has 0 heterocycles. The summed E-state index contributed by atoms with van der Waals surface area (Å²) in [5, 5.41) is 8.66. The van der Waals surface area contributed by atoms with Crippen LogP contribution in [0.1, 0.15) is 12.0 Å². The molecule has 1 N–H and O–H groups in total. The van der Waals surface area contributed by atoms with Gasteiger partial charge < -0.3 is 10.0 Å². The number of likely N-dealkylation sites (N-methyl/N-ethyl adjacent to an activating group) is 1. The number of aliphatic hydroxyl groups is 1. The average Bonchev–Trinajstić information content (AvgIpc) is 2.28. The lowest BCUT2D eigenvalue weighted by molar-refractivity contribution is -0.130. The van der Waals surface area contributed by atoms with Crippen LogP contribution < -0.4 is 0 Å². The summed E-state index contributed by atoms with van der Waals surface area (Å²) in [6, 6.07) is 6.44. The largest absolute Gasteiger partial charge is 0.395 e. The van der Waals surface area contributed by atoms with Crippen molar-refractivity contribution < 1.29 is 14.3 Å². The molecule has 0 fully saturated rings. The first-order valence-corrected chi connectivity index (χ1v) is 5.23. The molecule has 3 nitrogen and oxygen atoms in total. The lowest BCUT2D eigenvalue weighted by atomic mass is 10.1. The number of rotatable bonds is 5. The number of halogens is 1. The normalized spacial score (nSPS) is 10.2. The van der Waals surface area contributed by atoms with E-state index in [9.17, 15) is 9.18 Å². The Kier molecular flexibility index (Phi) is 4.92. The molecule has 0 saturated heterocycles. The molecule has 0 atom stereocenters. The summed E-state index contributed by atoms with van der Waals surface area (Å²) in [6.45, 7) is 0.262. The smallest absolute Gasteiger partial charge is 0.222 e. The highest BCUT2D eigenvalue weighted by atomic mass is 19.1. The maximum Gasteiger partial charge on any atom is 0.222 e. The number of carbonyl (C=O) groups is 1. The number of nitrogens with zero attached hydrogens (tertiary/aromatic N) is 1. The summed E-state index contributed by atoms with van der Waals surface area (Å²) in [5.74, 6) is -0.364. The molecule has 0 unspecified atom stereocenters. The molecule has 0 aromatic heterocycles. The molecule has 0 saturated carbocycles. The molecule has 1 amide bonds. The van der Waals surface area contributed by atoms with Crippen molar-refractivity contribution in [3.63, 3.8) is 0 Å². The molecule has 0 aliphatic rings. The van der Waals surface area contributed by atoms with Crippen LogP contribution in [0.4, 0.5) is 4.39 Å². The van der Waals surface area contributed by atoms with Crippen LogP contribution in [-0.2, 0) is 11.2 Å². The van der Waals surface area contributed by atoms with Gasteiger partial charge in [0.15, 0.2) is 0 Å². The minimum atomic E-state index is -0.278. The van der Waals surface area contributed by atoms with Crippen LogP contribution in [0.3, 0.4) is 0 Å². The van der Waals surface area contributed by atoms with E-state index < -0.39 is 0 Å². The van der Waals surface area contributed by atoms with Crippen molar-refractivity contribution in [2.75, 3.05) is 20.2 Å². The van der Waals surface area contributed by atoms with Crippen LogP contribution in [0.25, 0.3) is 0 Å². The Morgan fingerprint density at radius 1 is 1.44 bits per heavy atom. The molecule has 0 radical (unpaired) electrons. The lowest BCUT2D eigenvalue weighted by Gasteiger charge is -2.15. The van der Waals surface area contributed by atoms with Crippen molar-refractivity contribution >= 4 is 5.91 Å². The highest BCUT2D eigenvalue weighted by molar-refractivity contribution is 5.76. The molecule has 0 aliphatic heterocycles. The monoisotopic (exact) mass is 225 g/mol. The number of aliphatic hydroxyl groups excluding tert-OH is 1. The molecule has 4 heteroatoms. The van der Waals surface area contributed by atoms with Crippen LogP contribution in [0.2, 0.25) is 0 Å². The van der Waals surface area contributed by atoms with E-state index in [4.69, 9.17) is 5.11 Å². The topological polar surface area (TPSA) is 40.5 Å². The summed E-state index contributed by atoms with van der Waals surface area (Å²) in [5.41, 5.74) is 0.549. The maximum absolute atomic E-state index is 13.2. The Morgan fingerprint density at radius 2 is 2.12 bits per heavy atom. The van der Waals surface area contributed by atoms with Gasteiger partial charge in [-0.2, -0.15) is 0 Å². The van der Waals surface area contributed by atoms with Crippen molar-refractivity contribution in [3.8, 4) is 0 Å². The van der Waals surface area contributed by atoms with Crippen LogP contribution >= 0.6 is 0 Å². The average molecular weight is 225 g/mol. The fourth-order valence-electron chi connectivity index (χ4n) is 1.41. The molecular weight excluding hydrogens is 209 g/mol. The van der Waals surface area contributed by atoms with Crippen LogP contribution in [0.5, 0.6) is 0 Å². The van der Waals surface area contributed by atoms with Crippen molar-refractivity contribution in [2.24, 2.45) is 0 Å². The first-order valence-electron chi connectivity index (χ1n) is 5.23. The minimum absolute atomic E-state index is 0.0536. The first-order chi connectivity index (χ1) is 7.65. The third kappa shape index (κ3) is 3.62. The van der Waals surface area contributed by atoms with Gasteiger partial charge in [-0.3, -0.25) is 4.79 Å². The SMILES string of the molecule is CN(CCO)C(=O)CCc1ccccc1F. The molecule has 1 aromatic rings. The van der Waals surface area contributed by atoms with E-state index in [2.05, 4.69) is 0 Å². The van der Waals surface area contributed by atoms with Gasteiger partial charge >= 0.3 is 0 Å². The zero-order valence-electron chi connectivity index (χ0n) is 9.32. The third-order valence-corrected chi connectivity index (χ3v) is 2.43. The second-order valence-electron chi connectivity index (χ2n) is 3.63. The summed E-state index contributed by atoms with van der Waals surface area (Å²) in [7, 11) is 1.62. The van der Waals surface area contributed by atoms with Gasteiger partial charge in [0.25, 0.3) is 0 Å². The predicted octanol–water partition coefficient (Wildman–Crippen LogP) is 1.21. The van der Waals surface area contributed by atoms with Gasteiger partial charge in [0.05, 0.1) is 6.61 Å². The van der Waals surface area contributed by atoms with Gasteiger partial charge in [0, 0.05) is 20.0 Å². The number of hydrogen-bond donors (Lipinski definition) is 1. The van der Waals surface area contributed by atoms with E-state index in [1.165, 1.54) is 11.0 Å². The minimum Gasteiger partial charge on any atom is -0.395 e. The van der Waals surface area contributed by atoms with E-state index in [0.29, 0.717) is 18.5 Å². The Bertz CT molecular complexity index is 355.